The van der Waals surface area contributed by atoms with Gasteiger partial charge in [-0.15, -0.1) is 0 Å². The van der Waals surface area contributed by atoms with Crippen LogP contribution in [-0.2, 0) is 6.61 Å². The number of amides is 1. The summed E-state index contributed by atoms with van der Waals surface area (Å²) in [5, 5.41) is 2.78. The van der Waals surface area contributed by atoms with Crippen LogP contribution in [0.1, 0.15) is 21.7 Å². The monoisotopic (exact) mass is 397 g/mol. The molecule has 0 saturated heterocycles. The second-order valence-electron chi connectivity index (χ2n) is 7.01. The lowest BCUT2D eigenvalue weighted by Gasteiger charge is -2.05. The van der Waals surface area contributed by atoms with Crippen LogP contribution in [0.2, 0.25) is 0 Å². The fourth-order valence-electron chi connectivity index (χ4n) is 3.31. The molecule has 0 atom stereocenters. The number of carbonyl (C=O) groups excluding carboxylic acids is 1. The Balaban J connectivity index is 1.33. The molecule has 0 aliphatic carbocycles. The molecule has 2 N–H and O–H groups in total. The van der Waals surface area contributed by atoms with Crippen LogP contribution in [0.5, 0.6) is 5.75 Å². The van der Waals surface area contributed by atoms with Gasteiger partial charge in [-0.05, 0) is 36.8 Å². The predicted octanol–water partition coefficient (Wildman–Crippen LogP) is 4.35. The number of benzene rings is 2. The number of aromatic amines is 1. The molecule has 5 rings (SSSR count). The van der Waals surface area contributed by atoms with Crippen LogP contribution in [-0.4, -0.2) is 25.3 Å². The van der Waals surface area contributed by atoms with Gasteiger partial charge in [0.05, 0.1) is 11.0 Å². The zero-order chi connectivity index (χ0) is 20.5. The number of H-pyrrole nitrogens is 1. The Bertz CT molecular complexity index is 1350. The number of ether oxygens (including phenoxy) is 1. The van der Waals surface area contributed by atoms with Crippen molar-refractivity contribution in [2.45, 2.75) is 13.5 Å². The van der Waals surface area contributed by atoms with Gasteiger partial charge in [0.2, 0.25) is 5.95 Å². The minimum absolute atomic E-state index is 0.322. The molecule has 3 aromatic heterocycles. The maximum atomic E-state index is 12.6. The maximum Gasteiger partial charge on any atom is 0.278 e. The van der Waals surface area contributed by atoms with Crippen molar-refractivity contribution in [1.29, 1.82) is 0 Å². The number of rotatable bonds is 5. The lowest BCUT2D eigenvalue weighted by molar-refractivity contribution is 0.102. The molecule has 5 aromatic rings. The van der Waals surface area contributed by atoms with E-state index in [0.717, 1.165) is 33.7 Å². The molecule has 0 fully saturated rings. The van der Waals surface area contributed by atoms with Crippen LogP contribution in [0.3, 0.4) is 0 Å². The first kappa shape index (κ1) is 17.9. The summed E-state index contributed by atoms with van der Waals surface area (Å²) < 4.78 is 7.74. The standard InChI is InChI=1S/C23H19N5O2/c1-15-6-5-9-21-24-20(13-28(15)21)22(29)27-23-25-18-11-10-17(12-19(18)26-23)30-14-16-7-3-2-4-8-16/h2-13H,14H2,1H3,(H2,25,26,27,29). The number of aryl methyl sites for hydroxylation is 1. The molecule has 0 saturated carbocycles. The van der Waals surface area contributed by atoms with Gasteiger partial charge in [0.1, 0.15) is 23.7 Å². The fraction of sp³-hybridized carbons (Fsp3) is 0.0870. The van der Waals surface area contributed by atoms with E-state index in [1.54, 1.807) is 6.20 Å². The number of hydrogen-bond donors (Lipinski definition) is 2. The molecule has 0 aliphatic rings. The predicted molar refractivity (Wildman–Crippen MR) is 115 cm³/mol. The quantitative estimate of drug-likeness (QED) is 0.462. The number of nitrogens with zero attached hydrogens (tertiary/aromatic N) is 3. The number of pyridine rings is 1. The first-order chi connectivity index (χ1) is 14.7. The summed E-state index contributed by atoms with van der Waals surface area (Å²) in [6, 6.07) is 21.3. The van der Waals surface area contributed by atoms with E-state index in [1.165, 1.54) is 0 Å². The number of hydrogen-bond acceptors (Lipinski definition) is 4. The minimum atomic E-state index is -0.322. The van der Waals surface area contributed by atoms with Crippen molar-refractivity contribution >= 4 is 28.5 Å². The van der Waals surface area contributed by atoms with E-state index in [4.69, 9.17) is 4.74 Å². The Kier molecular flexibility index (Phi) is 4.40. The first-order valence-corrected chi connectivity index (χ1v) is 9.58. The molecule has 0 aliphatic heterocycles. The third-order valence-corrected chi connectivity index (χ3v) is 4.86. The highest BCUT2D eigenvalue weighted by Gasteiger charge is 2.14. The third kappa shape index (κ3) is 3.48. The summed E-state index contributed by atoms with van der Waals surface area (Å²) in [6.07, 6.45) is 1.72. The lowest BCUT2D eigenvalue weighted by Crippen LogP contribution is -2.13. The molecule has 0 radical (unpaired) electrons. The molecular formula is C23H19N5O2. The van der Waals surface area contributed by atoms with Gasteiger partial charge in [-0.3, -0.25) is 10.1 Å². The van der Waals surface area contributed by atoms with Gasteiger partial charge in [-0.25, -0.2) is 9.97 Å². The van der Waals surface area contributed by atoms with Crippen molar-refractivity contribution in [1.82, 2.24) is 19.4 Å². The molecule has 1 amide bonds. The Labute approximate surface area is 172 Å². The number of anilines is 1. The van der Waals surface area contributed by atoms with Gasteiger partial charge < -0.3 is 14.1 Å². The summed E-state index contributed by atoms with van der Waals surface area (Å²) in [5.41, 5.74) is 4.68. The zero-order valence-corrected chi connectivity index (χ0v) is 16.3. The molecule has 0 unspecified atom stereocenters. The van der Waals surface area contributed by atoms with Crippen LogP contribution in [0.4, 0.5) is 5.95 Å². The third-order valence-electron chi connectivity index (χ3n) is 4.86. The normalized spacial score (nSPS) is 11.1. The SMILES string of the molecule is Cc1cccc2nc(C(=O)Nc3nc4ccc(OCc5ccccc5)cc4[nH]3)cn12. The molecule has 2 aromatic carbocycles. The molecule has 0 spiro atoms. The average molecular weight is 397 g/mol. The molecule has 0 bridgehead atoms. The van der Waals surface area contributed by atoms with E-state index in [1.807, 2.05) is 78.1 Å². The van der Waals surface area contributed by atoms with Gasteiger partial charge in [-0.1, -0.05) is 36.4 Å². The molecular weight excluding hydrogens is 378 g/mol. The van der Waals surface area contributed by atoms with Gasteiger partial charge in [0.15, 0.2) is 0 Å². The fourth-order valence-corrected chi connectivity index (χ4v) is 3.31. The Hall–Kier alpha value is -4.13. The highest BCUT2D eigenvalue weighted by molar-refractivity contribution is 6.03. The van der Waals surface area contributed by atoms with E-state index < -0.39 is 0 Å². The minimum Gasteiger partial charge on any atom is -0.489 e. The summed E-state index contributed by atoms with van der Waals surface area (Å²) in [5.74, 6) is 0.769. The van der Waals surface area contributed by atoms with Crippen LogP contribution >= 0.6 is 0 Å². The molecule has 3 heterocycles. The second kappa shape index (κ2) is 7.36. The highest BCUT2D eigenvalue weighted by atomic mass is 16.5. The Morgan fingerprint density at radius 1 is 1.07 bits per heavy atom. The van der Waals surface area contributed by atoms with E-state index in [0.29, 0.717) is 18.2 Å². The van der Waals surface area contributed by atoms with Crippen LogP contribution in [0.15, 0.2) is 72.9 Å². The average Bonchev–Trinajstić information content (AvgIpc) is 3.37. The largest absolute Gasteiger partial charge is 0.489 e. The molecule has 7 heteroatoms. The van der Waals surface area contributed by atoms with Crippen LogP contribution < -0.4 is 10.1 Å². The van der Waals surface area contributed by atoms with Crippen molar-refractivity contribution in [3.05, 3.63) is 89.9 Å². The smallest absolute Gasteiger partial charge is 0.278 e. The number of nitrogens with one attached hydrogen (secondary N) is 2. The Morgan fingerprint density at radius 2 is 1.93 bits per heavy atom. The van der Waals surface area contributed by atoms with E-state index in [2.05, 4.69) is 20.3 Å². The molecule has 7 nitrogen and oxygen atoms in total. The van der Waals surface area contributed by atoms with E-state index in [9.17, 15) is 4.79 Å². The van der Waals surface area contributed by atoms with Crippen molar-refractivity contribution in [2.75, 3.05) is 5.32 Å². The Morgan fingerprint density at radius 3 is 2.77 bits per heavy atom. The molecule has 148 valence electrons. The van der Waals surface area contributed by atoms with Crippen molar-refractivity contribution in [3.63, 3.8) is 0 Å². The van der Waals surface area contributed by atoms with Crippen LogP contribution in [0, 0.1) is 6.92 Å². The van der Waals surface area contributed by atoms with E-state index in [-0.39, 0.29) is 5.91 Å². The molecule has 30 heavy (non-hydrogen) atoms. The van der Waals surface area contributed by atoms with E-state index >= 15 is 0 Å². The summed E-state index contributed by atoms with van der Waals surface area (Å²) in [4.78, 5) is 24.6. The number of aromatic nitrogens is 4. The summed E-state index contributed by atoms with van der Waals surface area (Å²) in [6.45, 7) is 2.45. The summed E-state index contributed by atoms with van der Waals surface area (Å²) >= 11 is 0. The van der Waals surface area contributed by atoms with Gasteiger partial charge in [0.25, 0.3) is 5.91 Å². The maximum absolute atomic E-state index is 12.6. The van der Waals surface area contributed by atoms with Gasteiger partial charge in [0, 0.05) is 18.0 Å². The van der Waals surface area contributed by atoms with Gasteiger partial charge in [-0.2, -0.15) is 0 Å². The van der Waals surface area contributed by atoms with Crippen molar-refractivity contribution < 1.29 is 9.53 Å². The lowest BCUT2D eigenvalue weighted by atomic mass is 10.2. The number of imidazole rings is 2. The van der Waals surface area contributed by atoms with Crippen LogP contribution in [0.25, 0.3) is 16.7 Å². The summed E-state index contributed by atoms with van der Waals surface area (Å²) in [7, 11) is 0. The number of carbonyl (C=O) groups is 1. The van der Waals surface area contributed by atoms with Crippen molar-refractivity contribution in [2.24, 2.45) is 0 Å². The first-order valence-electron chi connectivity index (χ1n) is 9.58. The second-order valence-corrected chi connectivity index (χ2v) is 7.01. The number of fused-ring (bicyclic) bond motifs is 2. The topological polar surface area (TPSA) is 84.3 Å². The van der Waals surface area contributed by atoms with Gasteiger partial charge >= 0.3 is 0 Å². The zero-order valence-electron chi connectivity index (χ0n) is 16.3. The highest BCUT2D eigenvalue weighted by Crippen LogP contribution is 2.22. The van der Waals surface area contributed by atoms with Crippen molar-refractivity contribution in [3.8, 4) is 5.75 Å².